The van der Waals surface area contributed by atoms with E-state index in [4.69, 9.17) is 11.6 Å². The lowest BCUT2D eigenvalue weighted by Gasteiger charge is -2.10. The molecule has 0 fully saturated rings. The van der Waals surface area contributed by atoms with E-state index in [-0.39, 0.29) is 11.8 Å². The fraction of sp³-hybridized carbons (Fsp3) is 0.0909. The largest absolute Gasteiger partial charge is 0.361 e. The van der Waals surface area contributed by atoms with Crippen molar-refractivity contribution < 1.29 is 9.59 Å². The third kappa shape index (κ3) is 4.34. The zero-order valence-electron chi connectivity index (χ0n) is 15.4. The van der Waals surface area contributed by atoms with Gasteiger partial charge in [-0.2, -0.15) is 0 Å². The Morgan fingerprint density at radius 3 is 2.72 bits per heavy atom. The van der Waals surface area contributed by atoms with Crippen molar-refractivity contribution in [2.75, 3.05) is 11.9 Å². The normalized spacial score (nSPS) is 10.8. The van der Waals surface area contributed by atoms with Gasteiger partial charge in [-0.05, 0) is 47.7 Å². The predicted molar refractivity (Wildman–Crippen MR) is 118 cm³/mol. The highest BCUT2D eigenvalue weighted by atomic mass is 35.5. The van der Waals surface area contributed by atoms with Crippen LogP contribution in [-0.2, 0) is 6.42 Å². The number of hydrogen-bond acceptors (Lipinski definition) is 3. The molecule has 0 radical (unpaired) electrons. The number of nitrogens with one attached hydrogen (secondary N) is 3. The summed E-state index contributed by atoms with van der Waals surface area (Å²) in [5, 5.41) is 9.05. The molecule has 0 atom stereocenters. The molecule has 0 saturated carbocycles. The zero-order chi connectivity index (χ0) is 20.2. The fourth-order valence-electron chi connectivity index (χ4n) is 3.11. The number of para-hydroxylation sites is 1. The second-order valence-corrected chi connectivity index (χ2v) is 7.85. The van der Waals surface area contributed by atoms with Crippen LogP contribution in [0, 0.1) is 0 Å². The van der Waals surface area contributed by atoms with E-state index in [1.165, 1.54) is 11.3 Å². The number of fused-ring (bicyclic) bond motifs is 1. The van der Waals surface area contributed by atoms with Crippen LogP contribution in [0.2, 0.25) is 5.02 Å². The molecular formula is C22H18ClN3O2S. The summed E-state index contributed by atoms with van der Waals surface area (Å²) in [4.78, 5) is 28.6. The maximum atomic E-state index is 12.5. The number of carbonyl (C=O) groups excluding carboxylic acids is 2. The topological polar surface area (TPSA) is 74.0 Å². The molecule has 0 spiro atoms. The highest BCUT2D eigenvalue weighted by Gasteiger charge is 2.13. The molecule has 5 nitrogen and oxygen atoms in total. The van der Waals surface area contributed by atoms with Crippen LogP contribution in [0.4, 0.5) is 5.69 Å². The molecule has 4 aromatic rings. The van der Waals surface area contributed by atoms with Gasteiger partial charge in [0.1, 0.15) is 0 Å². The molecular weight excluding hydrogens is 406 g/mol. The Labute approximate surface area is 176 Å². The van der Waals surface area contributed by atoms with Crippen LogP contribution < -0.4 is 10.6 Å². The van der Waals surface area contributed by atoms with Gasteiger partial charge in [-0.3, -0.25) is 9.59 Å². The number of aromatic nitrogens is 1. The molecule has 3 N–H and O–H groups in total. The van der Waals surface area contributed by atoms with Crippen molar-refractivity contribution in [2.24, 2.45) is 0 Å². The number of halogens is 1. The van der Waals surface area contributed by atoms with E-state index in [2.05, 4.69) is 21.7 Å². The minimum absolute atomic E-state index is 0.215. The van der Waals surface area contributed by atoms with E-state index in [9.17, 15) is 9.59 Å². The van der Waals surface area contributed by atoms with Crippen LogP contribution >= 0.6 is 22.9 Å². The van der Waals surface area contributed by atoms with Gasteiger partial charge in [0.2, 0.25) is 0 Å². The van der Waals surface area contributed by atoms with Crippen molar-refractivity contribution in [1.29, 1.82) is 0 Å². The van der Waals surface area contributed by atoms with Crippen LogP contribution in [0.5, 0.6) is 0 Å². The Kier molecular flexibility index (Phi) is 5.64. The summed E-state index contributed by atoms with van der Waals surface area (Å²) in [6, 6.07) is 16.5. The molecule has 0 aliphatic carbocycles. The molecule has 0 bridgehead atoms. The molecule has 2 aromatic carbocycles. The van der Waals surface area contributed by atoms with Crippen LogP contribution in [0.3, 0.4) is 0 Å². The zero-order valence-corrected chi connectivity index (χ0v) is 16.9. The Morgan fingerprint density at radius 1 is 1.03 bits per heavy atom. The van der Waals surface area contributed by atoms with E-state index in [1.54, 1.807) is 30.3 Å². The van der Waals surface area contributed by atoms with Gasteiger partial charge in [0.05, 0.1) is 15.6 Å². The summed E-state index contributed by atoms with van der Waals surface area (Å²) in [5.74, 6) is -0.466. The maximum absolute atomic E-state index is 12.5. The van der Waals surface area contributed by atoms with Crippen LogP contribution in [0.1, 0.15) is 25.6 Å². The van der Waals surface area contributed by atoms with Crippen LogP contribution in [-0.4, -0.2) is 23.3 Å². The van der Waals surface area contributed by atoms with Gasteiger partial charge >= 0.3 is 0 Å². The van der Waals surface area contributed by atoms with Gasteiger partial charge in [-0.25, -0.2) is 0 Å². The number of rotatable bonds is 6. The lowest BCUT2D eigenvalue weighted by Crippen LogP contribution is -2.25. The third-order valence-electron chi connectivity index (χ3n) is 4.58. The number of anilines is 1. The first-order chi connectivity index (χ1) is 14.1. The van der Waals surface area contributed by atoms with Gasteiger partial charge in [-0.15, -0.1) is 11.3 Å². The van der Waals surface area contributed by atoms with E-state index < -0.39 is 0 Å². The fourth-order valence-corrected chi connectivity index (χ4v) is 3.89. The van der Waals surface area contributed by atoms with Crippen LogP contribution in [0.25, 0.3) is 10.9 Å². The molecule has 0 aliphatic heterocycles. The first-order valence-electron chi connectivity index (χ1n) is 9.09. The Bertz CT molecular complexity index is 1170. The molecule has 7 heteroatoms. The Balaban J connectivity index is 1.40. The minimum Gasteiger partial charge on any atom is -0.361 e. The molecule has 146 valence electrons. The number of benzene rings is 2. The minimum atomic E-state index is -0.251. The summed E-state index contributed by atoms with van der Waals surface area (Å²) in [6.07, 6.45) is 2.68. The monoisotopic (exact) mass is 423 g/mol. The number of aromatic amines is 1. The highest BCUT2D eigenvalue weighted by molar-refractivity contribution is 7.12. The van der Waals surface area contributed by atoms with E-state index >= 15 is 0 Å². The summed E-state index contributed by atoms with van der Waals surface area (Å²) in [7, 11) is 0. The first-order valence-corrected chi connectivity index (χ1v) is 10.3. The summed E-state index contributed by atoms with van der Waals surface area (Å²) in [5.41, 5.74) is 3.09. The predicted octanol–water partition coefficient (Wildman–Crippen LogP) is 5.11. The smallest absolute Gasteiger partial charge is 0.265 e. The molecule has 0 aliphatic rings. The van der Waals surface area contributed by atoms with Crippen molar-refractivity contribution in [3.63, 3.8) is 0 Å². The van der Waals surface area contributed by atoms with E-state index in [1.807, 2.05) is 29.8 Å². The van der Waals surface area contributed by atoms with Crippen molar-refractivity contribution in [3.05, 3.63) is 87.2 Å². The van der Waals surface area contributed by atoms with Crippen molar-refractivity contribution in [3.8, 4) is 0 Å². The van der Waals surface area contributed by atoms with Gasteiger partial charge in [-0.1, -0.05) is 35.9 Å². The van der Waals surface area contributed by atoms with Gasteiger partial charge < -0.3 is 15.6 Å². The Hall–Kier alpha value is -3.09. The van der Waals surface area contributed by atoms with Crippen molar-refractivity contribution >= 4 is 51.3 Å². The number of carbonyl (C=O) groups is 2. The van der Waals surface area contributed by atoms with E-state index in [0.29, 0.717) is 34.1 Å². The quantitative estimate of drug-likeness (QED) is 0.403. The Morgan fingerprint density at radius 2 is 1.90 bits per heavy atom. The van der Waals surface area contributed by atoms with Gasteiger partial charge in [0.15, 0.2) is 0 Å². The van der Waals surface area contributed by atoms with Crippen molar-refractivity contribution in [2.45, 2.75) is 6.42 Å². The number of hydrogen-bond donors (Lipinski definition) is 3. The molecule has 2 aromatic heterocycles. The summed E-state index contributed by atoms with van der Waals surface area (Å²) >= 11 is 7.53. The molecule has 0 saturated heterocycles. The standard InChI is InChI=1S/C22H18ClN3O2S/c23-17-8-7-14(12-19(17)26-22(28)20-6-3-11-29-20)21(27)24-10-9-15-13-25-18-5-2-1-4-16(15)18/h1-8,11-13,25H,9-10H2,(H,24,27)(H,26,28). The summed E-state index contributed by atoms with van der Waals surface area (Å²) < 4.78 is 0. The third-order valence-corrected chi connectivity index (χ3v) is 5.77. The highest BCUT2D eigenvalue weighted by Crippen LogP contribution is 2.24. The SMILES string of the molecule is O=C(NCCc1c[nH]c2ccccc12)c1ccc(Cl)c(NC(=O)c2cccs2)c1. The maximum Gasteiger partial charge on any atom is 0.265 e. The molecule has 0 unspecified atom stereocenters. The second-order valence-electron chi connectivity index (χ2n) is 6.49. The molecule has 2 heterocycles. The lowest BCUT2D eigenvalue weighted by molar-refractivity contribution is 0.0952. The first kappa shape index (κ1) is 19.2. The number of thiophene rings is 1. The molecule has 4 rings (SSSR count). The number of H-pyrrole nitrogens is 1. The summed E-state index contributed by atoms with van der Waals surface area (Å²) in [6.45, 7) is 0.500. The molecule has 2 amide bonds. The molecule has 29 heavy (non-hydrogen) atoms. The van der Waals surface area contributed by atoms with E-state index in [0.717, 1.165) is 16.5 Å². The van der Waals surface area contributed by atoms with Gasteiger partial charge in [0, 0.05) is 29.2 Å². The number of amides is 2. The van der Waals surface area contributed by atoms with Gasteiger partial charge in [0.25, 0.3) is 11.8 Å². The second kappa shape index (κ2) is 8.51. The average Bonchev–Trinajstić information content (AvgIpc) is 3.40. The lowest BCUT2D eigenvalue weighted by atomic mass is 10.1. The van der Waals surface area contributed by atoms with Crippen LogP contribution in [0.15, 0.2) is 66.2 Å². The average molecular weight is 424 g/mol. The van der Waals surface area contributed by atoms with Crippen molar-refractivity contribution in [1.82, 2.24) is 10.3 Å².